The van der Waals surface area contributed by atoms with Crippen LogP contribution in [0.2, 0.25) is 0 Å². The van der Waals surface area contributed by atoms with Crippen molar-refractivity contribution in [3.05, 3.63) is 28.1 Å². The molecule has 0 unspecified atom stereocenters. The van der Waals surface area contributed by atoms with Gasteiger partial charge in [0.2, 0.25) is 5.91 Å². The second-order valence-corrected chi connectivity index (χ2v) is 3.97. The lowest BCUT2D eigenvalue weighted by Gasteiger charge is -2.07. The van der Waals surface area contributed by atoms with Crippen LogP contribution < -0.4 is 5.32 Å². The largest absolute Gasteiger partial charge is 0.477 e. The molecule has 1 amide bonds. The number of ether oxygens (including phenoxy) is 1. The third-order valence-electron chi connectivity index (χ3n) is 2.47. The number of hydrogen-bond acceptors (Lipinski definition) is 5. The van der Waals surface area contributed by atoms with Gasteiger partial charge in [0.1, 0.15) is 12.2 Å². The van der Waals surface area contributed by atoms with Crippen molar-refractivity contribution < 1.29 is 24.4 Å². The molecule has 0 fully saturated rings. The highest BCUT2D eigenvalue weighted by atomic mass is 16.6. The Bertz CT molecular complexity index is 510. The van der Waals surface area contributed by atoms with Gasteiger partial charge in [-0.1, -0.05) is 0 Å². The summed E-state index contributed by atoms with van der Waals surface area (Å²) in [5, 5.41) is 22.1. The molecule has 0 saturated carbocycles. The maximum absolute atomic E-state index is 11.6. The molecule has 1 rings (SSSR count). The minimum atomic E-state index is -1.33. The summed E-state index contributed by atoms with van der Waals surface area (Å²) in [7, 11) is 1.54. The molecule has 0 aliphatic heterocycles. The summed E-state index contributed by atoms with van der Waals surface area (Å²) in [4.78, 5) is 32.4. The maximum atomic E-state index is 11.6. The summed E-state index contributed by atoms with van der Waals surface area (Å²) < 4.78 is 5.85. The zero-order valence-corrected chi connectivity index (χ0v) is 10.9. The number of nitrogens with zero attached hydrogens (tertiary/aromatic N) is 2. The average Bonchev–Trinajstić information content (AvgIpc) is 2.79. The Hall–Kier alpha value is -2.42. The molecule has 0 bridgehead atoms. The molecule has 0 aromatic carbocycles. The van der Waals surface area contributed by atoms with Crippen LogP contribution in [0.1, 0.15) is 16.9 Å². The van der Waals surface area contributed by atoms with Gasteiger partial charge in [0, 0.05) is 26.3 Å². The van der Waals surface area contributed by atoms with E-state index < -0.39 is 16.8 Å². The number of rotatable bonds is 8. The fourth-order valence-corrected chi connectivity index (χ4v) is 1.56. The molecule has 9 heteroatoms. The standard InChI is InChI=1S/C11H15N3O6/c1-20-4-2-3-12-10(15)7-13-6-8(14(18)19)5-9(13)11(16)17/h5-6H,2-4,7H2,1H3,(H,12,15)(H,16,17). The van der Waals surface area contributed by atoms with Crippen LogP contribution in [0.15, 0.2) is 12.3 Å². The van der Waals surface area contributed by atoms with Crippen LogP contribution in [-0.4, -0.2) is 46.7 Å². The summed E-state index contributed by atoms with van der Waals surface area (Å²) in [5.41, 5.74) is -0.668. The molecule has 1 heterocycles. The minimum absolute atomic E-state index is 0.289. The van der Waals surface area contributed by atoms with Gasteiger partial charge in [-0.25, -0.2) is 4.79 Å². The van der Waals surface area contributed by atoms with Gasteiger partial charge < -0.3 is 19.7 Å². The third-order valence-corrected chi connectivity index (χ3v) is 2.47. The van der Waals surface area contributed by atoms with E-state index in [0.717, 1.165) is 16.8 Å². The van der Waals surface area contributed by atoms with Gasteiger partial charge >= 0.3 is 5.97 Å². The zero-order valence-electron chi connectivity index (χ0n) is 10.9. The first-order valence-corrected chi connectivity index (χ1v) is 5.79. The number of hydrogen-bond donors (Lipinski definition) is 2. The van der Waals surface area contributed by atoms with E-state index in [0.29, 0.717) is 19.6 Å². The highest BCUT2D eigenvalue weighted by Crippen LogP contribution is 2.16. The first kappa shape index (κ1) is 15.6. The van der Waals surface area contributed by atoms with E-state index in [4.69, 9.17) is 9.84 Å². The van der Waals surface area contributed by atoms with Gasteiger partial charge in [0.15, 0.2) is 0 Å². The Morgan fingerprint density at radius 1 is 1.55 bits per heavy atom. The van der Waals surface area contributed by atoms with Gasteiger partial charge in [-0.05, 0) is 6.42 Å². The van der Waals surface area contributed by atoms with Gasteiger partial charge in [-0.2, -0.15) is 0 Å². The number of carbonyl (C=O) groups excluding carboxylic acids is 1. The predicted molar refractivity (Wildman–Crippen MR) is 67.5 cm³/mol. The van der Waals surface area contributed by atoms with E-state index in [1.165, 1.54) is 0 Å². The first-order chi connectivity index (χ1) is 9.45. The molecular weight excluding hydrogens is 270 g/mol. The number of aromatic carboxylic acids is 1. The molecule has 0 aliphatic rings. The molecule has 20 heavy (non-hydrogen) atoms. The van der Waals surface area contributed by atoms with Crippen LogP contribution in [0.5, 0.6) is 0 Å². The van der Waals surface area contributed by atoms with Crippen molar-refractivity contribution >= 4 is 17.6 Å². The SMILES string of the molecule is COCCCNC(=O)Cn1cc([N+](=O)[O-])cc1C(=O)O. The second kappa shape index (κ2) is 7.24. The number of carboxylic acids is 1. The quantitative estimate of drug-likeness (QED) is 0.401. The number of carboxylic acid groups (broad SMARTS) is 1. The third kappa shape index (κ3) is 4.35. The number of aromatic nitrogens is 1. The van der Waals surface area contributed by atoms with E-state index in [2.05, 4.69) is 5.32 Å². The van der Waals surface area contributed by atoms with E-state index in [1.807, 2.05) is 0 Å². The lowest BCUT2D eigenvalue weighted by atomic mass is 10.4. The van der Waals surface area contributed by atoms with Gasteiger partial charge in [0.05, 0.1) is 11.1 Å². The number of amides is 1. The van der Waals surface area contributed by atoms with Crippen molar-refractivity contribution in [3.8, 4) is 0 Å². The number of carbonyl (C=O) groups is 2. The van der Waals surface area contributed by atoms with Crippen molar-refractivity contribution in [1.29, 1.82) is 0 Å². The Morgan fingerprint density at radius 3 is 2.80 bits per heavy atom. The highest BCUT2D eigenvalue weighted by molar-refractivity contribution is 5.88. The molecule has 0 spiro atoms. The van der Waals surface area contributed by atoms with Crippen molar-refractivity contribution in [3.63, 3.8) is 0 Å². The van der Waals surface area contributed by atoms with E-state index in [9.17, 15) is 19.7 Å². The Balaban J connectivity index is 2.68. The van der Waals surface area contributed by atoms with E-state index in [-0.39, 0.29) is 17.9 Å². The smallest absolute Gasteiger partial charge is 0.352 e. The molecule has 0 radical (unpaired) electrons. The average molecular weight is 285 g/mol. The highest BCUT2D eigenvalue weighted by Gasteiger charge is 2.19. The fourth-order valence-electron chi connectivity index (χ4n) is 1.56. The fraction of sp³-hybridized carbons (Fsp3) is 0.455. The van der Waals surface area contributed by atoms with E-state index >= 15 is 0 Å². The molecular formula is C11H15N3O6. The topological polar surface area (TPSA) is 124 Å². The molecule has 1 aromatic rings. The number of nitro groups is 1. The molecule has 110 valence electrons. The first-order valence-electron chi connectivity index (χ1n) is 5.79. The zero-order chi connectivity index (χ0) is 15.1. The second-order valence-electron chi connectivity index (χ2n) is 3.97. The van der Waals surface area contributed by atoms with Crippen LogP contribution in [0.3, 0.4) is 0 Å². The summed E-state index contributed by atoms with van der Waals surface area (Å²) in [5.74, 6) is -1.75. The Morgan fingerprint density at radius 2 is 2.25 bits per heavy atom. The van der Waals surface area contributed by atoms with Crippen molar-refractivity contribution in [1.82, 2.24) is 9.88 Å². The predicted octanol–water partition coefficient (Wildman–Crippen LogP) is 0.247. The Kier molecular flexibility index (Phi) is 5.66. The van der Waals surface area contributed by atoms with Crippen LogP contribution in [0.25, 0.3) is 0 Å². The lowest BCUT2D eigenvalue weighted by Crippen LogP contribution is -2.29. The Labute approximate surface area is 114 Å². The van der Waals surface area contributed by atoms with Crippen molar-refractivity contribution in [2.24, 2.45) is 0 Å². The molecule has 1 aromatic heterocycles. The van der Waals surface area contributed by atoms with Crippen LogP contribution in [0.4, 0.5) is 5.69 Å². The van der Waals surface area contributed by atoms with Crippen molar-refractivity contribution in [2.45, 2.75) is 13.0 Å². The van der Waals surface area contributed by atoms with E-state index in [1.54, 1.807) is 7.11 Å². The lowest BCUT2D eigenvalue weighted by molar-refractivity contribution is -0.384. The summed E-state index contributed by atoms with van der Waals surface area (Å²) in [6.07, 6.45) is 1.65. The van der Waals surface area contributed by atoms with Crippen LogP contribution in [-0.2, 0) is 16.1 Å². The van der Waals surface area contributed by atoms with Gasteiger partial charge in [-0.15, -0.1) is 0 Å². The maximum Gasteiger partial charge on any atom is 0.352 e. The normalized spacial score (nSPS) is 10.2. The number of nitrogens with one attached hydrogen (secondary N) is 1. The summed E-state index contributed by atoms with van der Waals surface area (Å²) in [6, 6.07) is 0.917. The molecule has 0 aliphatic carbocycles. The number of methoxy groups -OCH3 is 1. The van der Waals surface area contributed by atoms with Crippen molar-refractivity contribution in [2.75, 3.05) is 20.3 Å². The summed E-state index contributed by atoms with van der Waals surface area (Å²) in [6.45, 7) is 0.594. The molecule has 0 atom stereocenters. The van der Waals surface area contributed by atoms with Crippen LogP contribution >= 0.6 is 0 Å². The molecule has 2 N–H and O–H groups in total. The summed E-state index contributed by atoms with van der Waals surface area (Å²) >= 11 is 0. The monoisotopic (exact) mass is 285 g/mol. The molecule has 9 nitrogen and oxygen atoms in total. The molecule has 0 saturated heterocycles. The van der Waals surface area contributed by atoms with Gasteiger partial charge in [0.25, 0.3) is 5.69 Å². The minimum Gasteiger partial charge on any atom is -0.477 e. The van der Waals surface area contributed by atoms with Gasteiger partial charge in [-0.3, -0.25) is 14.9 Å². The van der Waals surface area contributed by atoms with Crippen LogP contribution in [0, 0.1) is 10.1 Å².